The van der Waals surface area contributed by atoms with Crippen molar-refractivity contribution in [3.8, 4) is 6.07 Å². The fourth-order valence-electron chi connectivity index (χ4n) is 5.21. The maximum absolute atomic E-state index is 14.3. The van der Waals surface area contributed by atoms with E-state index in [1.54, 1.807) is 6.07 Å². The van der Waals surface area contributed by atoms with Gasteiger partial charge in [-0.1, -0.05) is 12.2 Å². The zero-order valence-corrected chi connectivity index (χ0v) is 21.3. The van der Waals surface area contributed by atoms with Gasteiger partial charge in [-0.05, 0) is 24.6 Å². The van der Waals surface area contributed by atoms with E-state index in [1.807, 2.05) is 0 Å². The minimum Gasteiger partial charge on any atom is -0.368 e. The summed E-state index contributed by atoms with van der Waals surface area (Å²) in [5.41, 5.74) is -2.57. The Morgan fingerprint density at radius 1 is 1.20 bits per heavy atom. The van der Waals surface area contributed by atoms with Gasteiger partial charge in [0.15, 0.2) is 6.17 Å². The number of hydrogen-bond acceptors (Lipinski definition) is 6. The monoisotopic (exact) mass is 570 g/mol. The van der Waals surface area contributed by atoms with Crippen LogP contribution in [0.2, 0.25) is 0 Å². The number of allylic oxidation sites excluding steroid dienone is 3. The summed E-state index contributed by atoms with van der Waals surface area (Å²) in [6.45, 7) is -0.261. The van der Waals surface area contributed by atoms with Gasteiger partial charge < -0.3 is 20.4 Å². The fraction of sp³-hybridized carbons (Fsp3) is 0.333. The number of anilines is 1. The van der Waals surface area contributed by atoms with Crippen molar-refractivity contribution in [2.75, 3.05) is 37.6 Å². The van der Waals surface area contributed by atoms with Gasteiger partial charge in [0.05, 0.1) is 46.3 Å². The first-order valence-corrected chi connectivity index (χ1v) is 12.6. The number of carbonyl (C=O) groups is 4. The first-order valence-electron chi connectivity index (χ1n) is 12.6. The zero-order valence-electron chi connectivity index (χ0n) is 21.3. The highest BCUT2D eigenvalue weighted by Gasteiger charge is 2.41. The Morgan fingerprint density at radius 2 is 1.98 bits per heavy atom. The van der Waals surface area contributed by atoms with Crippen molar-refractivity contribution in [2.45, 2.75) is 24.8 Å². The summed E-state index contributed by atoms with van der Waals surface area (Å²) in [5, 5.41) is 14.6. The number of hydrogen-bond donors (Lipinski definition) is 2. The lowest BCUT2D eigenvalue weighted by atomic mass is 9.91. The van der Waals surface area contributed by atoms with E-state index in [4.69, 9.17) is 0 Å². The summed E-state index contributed by atoms with van der Waals surface area (Å²) >= 11 is 0. The van der Waals surface area contributed by atoms with Crippen molar-refractivity contribution < 1.29 is 36.7 Å². The molecular formula is C27H22F4N6O4. The molecule has 4 aliphatic rings. The second kappa shape index (κ2) is 10.6. The summed E-state index contributed by atoms with van der Waals surface area (Å²) in [4.78, 5) is 56.5. The SMILES string of the molecule is N#Cc1cc(C(=O)N2CCNC(=O)C2)c(N2CC[C@@H](NC(=O)C3=CC(=O)N=C4C3=CC=CC4F)C2)c(C(F)(F)F)c1. The van der Waals surface area contributed by atoms with Gasteiger partial charge in [-0.15, -0.1) is 0 Å². The van der Waals surface area contributed by atoms with Crippen LogP contribution in [-0.2, 0) is 20.6 Å². The number of amides is 4. The van der Waals surface area contributed by atoms with E-state index in [9.17, 15) is 42.0 Å². The highest BCUT2D eigenvalue weighted by molar-refractivity contribution is 6.24. The molecule has 3 heterocycles. The average molecular weight is 571 g/mol. The molecule has 0 bridgehead atoms. The van der Waals surface area contributed by atoms with Crippen LogP contribution in [0.4, 0.5) is 23.2 Å². The van der Waals surface area contributed by atoms with Crippen molar-refractivity contribution in [1.82, 2.24) is 15.5 Å². The fourth-order valence-corrected chi connectivity index (χ4v) is 5.21. The van der Waals surface area contributed by atoms with E-state index in [0.29, 0.717) is 6.07 Å². The van der Waals surface area contributed by atoms with E-state index < -0.39 is 53.3 Å². The van der Waals surface area contributed by atoms with E-state index in [1.165, 1.54) is 23.1 Å². The van der Waals surface area contributed by atoms with Crippen LogP contribution in [0.15, 0.2) is 52.6 Å². The Hall–Kier alpha value is -4.80. The Kier molecular flexibility index (Phi) is 7.20. The molecule has 212 valence electrons. The third-order valence-corrected chi connectivity index (χ3v) is 7.05. The number of nitrogens with zero attached hydrogens (tertiary/aromatic N) is 4. The molecule has 2 fully saturated rings. The predicted octanol–water partition coefficient (Wildman–Crippen LogP) is 1.59. The minimum absolute atomic E-state index is 0.0172. The molecule has 1 aliphatic carbocycles. The van der Waals surface area contributed by atoms with Gasteiger partial charge in [0.1, 0.15) is 0 Å². The van der Waals surface area contributed by atoms with Crippen LogP contribution in [0.5, 0.6) is 0 Å². The van der Waals surface area contributed by atoms with Gasteiger partial charge in [0.2, 0.25) is 5.91 Å². The van der Waals surface area contributed by atoms with Crippen LogP contribution in [0.1, 0.15) is 27.9 Å². The van der Waals surface area contributed by atoms with Crippen molar-refractivity contribution in [3.05, 3.63) is 64.3 Å². The lowest BCUT2D eigenvalue weighted by Crippen LogP contribution is -2.50. The number of piperazine rings is 1. The Labute approximate surface area is 230 Å². The summed E-state index contributed by atoms with van der Waals surface area (Å²) in [7, 11) is 0. The van der Waals surface area contributed by atoms with Crippen molar-refractivity contribution in [3.63, 3.8) is 0 Å². The Morgan fingerprint density at radius 3 is 2.68 bits per heavy atom. The molecule has 10 nitrogen and oxygen atoms in total. The topological polar surface area (TPSA) is 135 Å². The standard InChI is InChI=1S/C27H22F4N6O4/c28-20-3-1-2-16-17(10-21(38)35-23(16)20)25(40)34-15-4-6-36(12-15)24-18(26(41)37-7-5-33-22(39)13-37)8-14(11-32)9-19(24)27(29,30)31/h1-3,8-10,15,20H,4-7,12-13H2,(H,33,39)(H,34,40)/t15-,20?/m1/s1. The molecule has 41 heavy (non-hydrogen) atoms. The van der Waals surface area contributed by atoms with Crippen LogP contribution in [0, 0.1) is 11.3 Å². The Bertz CT molecular complexity index is 1520. The third kappa shape index (κ3) is 5.47. The second-order valence-corrected chi connectivity index (χ2v) is 9.77. The molecule has 0 aromatic heterocycles. The summed E-state index contributed by atoms with van der Waals surface area (Å²) in [6, 6.07) is 2.70. The number of alkyl halides is 4. The van der Waals surface area contributed by atoms with E-state index >= 15 is 0 Å². The maximum atomic E-state index is 14.3. The molecule has 0 radical (unpaired) electrons. The molecular weight excluding hydrogens is 548 g/mol. The molecule has 14 heteroatoms. The van der Waals surface area contributed by atoms with Crippen molar-refractivity contribution >= 4 is 35.0 Å². The van der Waals surface area contributed by atoms with Crippen LogP contribution in [0.3, 0.4) is 0 Å². The summed E-state index contributed by atoms with van der Waals surface area (Å²) in [5.74, 6) is -2.83. The second-order valence-electron chi connectivity index (χ2n) is 9.77. The maximum Gasteiger partial charge on any atom is 0.418 e. The van der Waals surface area contributed by atoms with E-state index in [-0.39, 0.29) is 67.1 Å². The average Bonchev–Trinajstić information content (AvgIpc) is 3.39. The molecule has 2 saturated heterocycles. The summed E-state index contributed by atoms with van der Waals surface area (Å²) < 4.78 is 57.0. The number of aliphatic imine (C=N–C) groups is 1. The smallest absolute Gasteiger partial charge is 0.368 e. The first-order chi connectivity index (χ1) is 19.5. The third-order valence-electron chi connectivity index (χ3n) is 7.05. The van der Waals surface area contributed by atoms with Crippen molar-refractivity contribution in [1.29, 1.82) is 5.26 Å². The number of fused-ring (bicyclic) bond motifs is 1. The quantitative estimate of drug-likeness (QED) is 0.528. The minimum atomic E-state index is -4.93. The van der Waals surface area contributed by atoms with E-state index in [2.05, 4.69) is 15.6 Å². The van der Waals surface area contributed by atoms with Gasteiger partial charge in [0.25, 0.3) is 17.7 Å². The molecule has 5 rings (SSSR count). The lowest BCUT2D eigenvalue weighted by molar-refractivity contribution is -0.137. The molecule has 2 N–H and O–H groups in total. The largest absolute Gasteiger partial charge is 0.418 e. The normalized spacial score (nSPS) is 22.3. The molecule has 0 saturated carbocycles. The molecule has 3 aliphatic heterocycles. The molecule has 1 unspecified atom stereocenters. The highest BCUT2D eigenvalue weighted by Crippen LogP contribution is 2.41. The number of dihydropyridines is 1. The molecule has 1 aromatic carbocycles. The van der Waals surface area contributed by atoms with Crippen LogP contribution >= 0.6 is 0 Å². The predicted molar refractivity (Wildman–Crippen MR) is 136 cm³/mol. The molecule has 0 spiro atoms. The van der Waals surface area contributed by atoms with Crippen LogP contribution in [0.25, 0.3) is 0 Å². The lowest BCUT2D eigenvalue weighted by Gasteiger charge is -2.31. The highest BCUT2D eigenvalue weighted by atomic mass is 19.4. The molecule has 1 aromatic rings. The summed E-state index contributed by atoms with van der Waals surface area (Å²) in [6.07, 6.45) is -1.43. The van der Waals surface area contributed by atoms with E-state index in [0.717, 1.165) is 17.0 Å². The molecule has 2 atom stereocenters. The number of nitriles is 1. The van der Waals surface area contributed by atoms with Gasteiger partial charge in [0, 0.05) is 43.9 Å². The number of nitrogens with one attached hydrogen (secondary N) is 2. The van der Waals surface area contributed by atoms with Gasteiger partial charge >= 0.3 is 6.18 Å². The van der Waals surface area contributed by atoms with Gasteiger partial charge in [-0.3, -0.25) is 19.2 Å². The number of carbonyl (C=O) groups excluding carboxylic acids is 4. The zero-order chi connectivity index (χ0) is 29.5. The molecule has 4 amide bonds. The number of benzene rings is 1. The number of rotatable bonds is 4. The Balaban J connectivity index is 1.43. The van der Waals surface area contributed by atoms with Gasteiger partial charge in [-0.25, -0.2) is 9.38 Å². The van der Waals surface area contributed by atoms with Gasteiger partial charge in [-0.2, -0.15) is 18.4 Å². The van der Waals surface area contributed by atoms with Crippen LogP contribution < -0.4 is 15.5 Å². The van der Waals surface area contributed by atoms with Crippen molar-refractivity contribution in [2.24, 2.45) is 4.99 Å². The number of halogens is 4. The van der Waals surface area contributed by atoms with Crippen LogP contribution in [-0.4, -0.2) is 79.2 Å². The first kappa shape index (κ1) is 27.8.